The summed E-state index contributed by atoms with van der Waals surface area (Å²) < 4.78 is 0. The highest BCUT2D eigenvalue weighted by Crippen LogP contribution is 2.28. The zero-order chi connectivity index (χ0) is 29.1. The van der Waals surface area contributed by atoms with Crippen molar-refractivity contribution >= 4 is 68.9 Å². The van der Waals surface area contributed by atoms with E-state index in [0.29, 0.717) is 38.3 Å². The molecule has 2 N–H and O–H groups in total. The van der Waals surface area contributed by atoms with Crippen LogP contribution in [-0.4, -0.2) is 22.5 Å². The second kappa shape index (κ2) is 12.1. The molecule has 0 unspecified atom stereocenters. The SMILES string of the molecule is C/C(=N\NC(=O)c1cc(-c2ccc(Cl)cc2)nc2c(C)cccc12)c1ccc(NC(=O)c2ccc(Cl)cc2Cl)cc1. The number of nitrogens with one attached hydrogen (secondary N) is 2. The minimum absolute atomic E-state index is 0.266. The fourth-order valence-electron chi connectivity index (χ4n) is 4.27. The second-order valence-electron chi connectivity index (χ2n) is 9.33. The summed E-state index contributed by atoms with van der Waals surface area (Å²) in [5.74, 6) is -0.712. The zero-order valence-corrected chi connectivity index (χ0v) is 24.3. The molecule has 0 fully saturated rings. The van der Waals surface area contributed by atoms with Gasteiger partial charge in [0.1, 0.15) is 0 Å². The van der Waals surface area contributed by atoms with Gasteiger partial charge in [-0.05, 0) is 73.5 Å². The van der Waals surface area contributed by atoms with E-state index < -0.39 is 0 Å². The number of hydrogen-bond donors (Lipinski definition) is 2. The highest BCUT2D eigenvalue weighted by molar-refractivity contribution is 6.37. The fourth-order valence-corrected chi connectivity index (χ4v) is 4.89. The highest BCUT2D eigenvalue weighted by atomic mass is 35.5. The molecule has 0 aliphatic carbocycles. The zero-order valence-electron chi connectivity index (χ0n) is 22.0. The third kappa shape index (κ3) is 6.41. The number of anilines is 1. The molecule has 0 atom stereocenters. The molecule has 5 aromatic rings. The molecule has 9 heteroatoms. The van der Waals surface area contributed by atoms with Gasteiger partial charge in [-0.3, -0.25) is 9.59 Å². The fraction of sp³-hybridized carbons (Fsp3) is 0.0625. The molecule has 0 spiro atoms. The molecular formula is C32H23Cl3N4O2. The molecular weight excluding hydrogens is 579 g/mol. The number of rotatable bonds is 6. The smallest absolute Gasteiger partial charge is 0.272 e. The molecule has 0 saturated heterocycles. The molecule has 1 heterocycles. The van der Waals surface area contributed by atoms with Gasteiger partial charge in [-0.15, -0.1) is 0 Å². The van der Waals surface area contributed by atoms with Crippen molar-refractivity contribution in [2.75, 3.05) is 5.32 Å². The maximum Gasteiger partial charge on any atom is 0.272 e. The van der Waals surface area contributed by atoms with E-state index in [9.17, 15) is 9.59 Å². The van der Waals surface area contributed by atoms with Crippen LogP contribution in [0, 0.1) is 6.92 Å². The van der Waals surface area contributed by atoms with Crippen molar-refractivity contribution in [3.05, 3.63) is 128 Å². The lowest BCUT2D eigenvalue weighted by Gasteiger charge is -2.11. The maximum absolute atomic E-state index is 13.4. The molecule has 5 rings (SSSR count). The monoisotopic (exact) mass is 600 g/mol. The first-order chi connectivity index (χ1) is 19.7. The van der Waals surface area contributed by atoms with E-state index in [1.807, 2.05) is 37.3 Å². The van der Waals surface area contributed by atoms with E-state index in [2.05, 4.69) is 15.8 Å². The number of halogens is 3. The van der Waals surface area contributed by atoms with E-state index in [4.69, 9.17) is 39.8 Å². The Morgan fingerprint density at radius 3 is 2.20 bits per heavy atom. The predicted molar refractivity (Wildman–Crippen MR) is 167 cm³/mol. The highest BCUT2D eigenvalue weighted by Gasteiger charge is 2.16. The van der Waals surface area contributed by atoms with Crippen LogP contribution in [0.4, 0.5) is 5.69 Å². The number of hydrogen-bond acceptors (Lipinski definition) is 4. The molecule has 1 aromatic heterocycles. The van der Waals surface area contributed by atoms with Crippen molar-refractivity contribution in [1.29, 1.82) is 0 Å². The van der Waals surface area contributed by atoms with Gasteiger partial charge < -0.3 is 5.32 Å². The van der Waals surface area contributed by atoms with Gasteiger partial charge in [0.2, 0.25) is 0 Å². The van der Waals surface area contributed by atoms with Crippen LogP contribution < -0.4 is 10.7 Å². The number of fused-ring (bicyclic) bond motifs is 1. The van der Waals surface area contributed by atoms with Crippen molar-refractivity contribution in [3.8, 4) is 11.3 Å². The minimum Gasteiger partial charge on any atom is -0.322 e. The van der Waals surface area contributed by atoms with Crippen molar-refractivity contribution in [2.45, 2.75) is 13.8 Å². The van der Waals surface area contributed by atoms with E-state index in [-0.39, 0.29) is 16.8 Å². The van der Waals surface area contributed by atoms with Crippen LogP contribution in [0.15, 0.2) is 96.1 Å². The summed E-state index contributed by atoms with van der Waals surface area (Å²) in [6.45, 7) is 3.75. The standard InChI is InChI=1S/C32H23Cl3N4O2/c1-18-4-3-5-25-27(17-29(37-30(18)25)21-6-10-22(33)11-7-21)32(41)39-38-19(2)20-8-13-24(14-9-20)36-31(40)26-15-12-23(34)16-28(26)35/h3-17H,1-2H3,(H,36,40)(H,39,41)/b38-19+. The van der Waals surface area contributed by atoms with Crippen LogP contribution >= 0.6 is 34.8 Å². The van der Waals surface area contributed by atoms with Gasteiger partial charge in [-0.25, -0.2) is 10.4 Å². The Hall–Kier alpha value is -4.23. The molecule has 0 aliphatic rings. The minimum atomic E-state index is -0.360. The van der Waals surface area contributed by atoms with Gasteiger partial charge in [0, 0.05) is 26.7 Å². The Balaban J connectivity index is 1.35. The number of carbonyl (C=O) groups excluding carboxylic acids is 2. The number of carbonyl (C=O) groups is 2. The average Bonchev–Trinajstić information content (AvgIpc) is 2.96. The van der Waals surface area contributed by atoms with E-state index in [1.165, 1.54) is 6.07 Å². The summed E-state index contributed by atoms with van der Waals surface area (Å²) in [4.78, 5) is 30.8. The van der Waals surface area contributed by atoms with Crippen molar-refractivity contribution in [1.82, 2.24) is 10.4 Å². The van der Waals surface area contributed by atoms with Crippen LogP contribution in [-0.2, 0) is 0 Å². The number of aromatic nitrogens is 1. The molecule has 41 heavy (non-hydrogen) atoms. The molecule has 6 nitrogen and oxygen atoms in total. The van der Waals surface area contributed by atoms with Gasteiger partial charge in [-0.1, -0.05) is 77.3 Å². The molecule has 0 aliphatic heterocycles. The number of para-hydroxylation sites is 1. The quantitative estimate of drug-likeness (QED) is 0.151. The van der Waals surface area contributed by atoms with Crippen LogP contribution in [0.2, 0.25) is 15.1 Å². The molecule has 2 amide bonds. The number of hydrazone groups is 1. The van der Waals surface area contributed by atoms with Crippen molar-refractivity contribution < 1.29 is 9.59 Å². The largest absolute Gasteiger partial charge is 0.322 e. The van der Waals surface area contributed by atoms with Gasteiger partial charge in [0.25, 0.3) is 11.8 Å². The number of aryl methyl sites for hydroxylation is 1. The Morgan fingerprint density at radius 1 is 0.780 bits per heavy atom. The van der Waals surface area contributed by atoms with Gasteiger partial charge in [-0.2, -0.15) is 5.10 Å². The first-order valence-corrected chi connectivity index (χ1v) is 13.7. The third-order valence-electron chi connectivity index (χ3n) is 6.49. The summed E-state index contributed by atoms with van der Waals surface area (Å²) in [7, 11) is 0. The van der Waals surface area contributed by atoms with E-state index in [1.54, 1.807) is 61.5 Å². The van der Waals surface area contributed by atoms with Crippen LogP contribution in [0.3, 0.4) is 0 Å². The molecule has 4 aromatic carbocycles. The molecule has 0 saturated carbocycles. The summed E-state index contributed by atoms with van der Waals surface area (Å²) in [5, 5.41) is 9.21. The summed E-state index contributed by atoms with van der Waals surface area (Å²) in [6, 6.07) is 26.6. The second-order valence-corrected chi connectivity index (χ2v) is 10.6. The first-order valence-electron chi connectivity index (χ1n) is 12.6. The average molecular weight is 602 g/mol. The Bertz CT molecular complexity index is 1820. The lowest BCUT2D eigenvalue weighted by molar-refractivity contribution is 0.0955. The lowest BCUT2D eigenvalue weighted by atomic mass is 10.0. The summed E-state index contributed by atoms with van der Waals surface area (Å²) in [5.41, 5.74) is 8.59. The lowest BCUT2D eigenvalue weighted by Crippen LogP contribution is -2.20. The van der Waals surface area contributed by atoms with Crippen molar-refractivity contribution in [2.24, 2.45) is 5.10 Å². The first kappa shape index (κ1) is 28.3. The topological polar surface area (TPSA) is 83.4 Å². The van der Waals surface area contributed by atoms with Crippen LogP contribution in [0.5, 0.6) is 0 Å². The third-order valence-corrected chi connectivity index (χ3v) is 7.29. The van der Waals surface area contributed by atoms with Crippen molar-refractivity contribution in [3.63, 3.8) is 0 Å². The van der Waals surface area contributed by atoms with E-state index in [0.717, 1.165) is 27.6 Å². The molecule has 0 radical (unpaired) electrons. The molecule has 204 valence electrons. The van der Waals surface area contributed by atoms with Gasteiger partial charge >= 0.3 is 0 Å². The number of nitrogens with zero attached hydrogens (tertiary/aromatic N) is 2. The Morgan fingerprint density at radius 2 is 1.49 bits per heavy atom. The van der Waals surface area contributed by atoms with Crippen LogP contribution in [0.25, 0.3) is 22.2 Å². The maximum atomic E-state index is 13.4. The normalized spacial score (nSPS) is 11.4. The van der Waals surface area contributed by atoms with Crippen LogP contribution in [0.1, 0.15) is 38.8 Å². The van der Waals surface area contributed by atoms with E-state index >= 15 is 0 Å². The summed E-state index contributed by atoms with van der Waals surface area (Å²) >= 11 is 18.1. The van der Waals surface area contributed by atoms with Gasteiger partial charge in [0.05, 0.1) is 33.1 Å². The Kier molecular flexibility index (Phi) is 8.36. The summed E-state index contributed by atoms with van der Waals surface area (Å²) in [6.07, 6.45) is 0. The van der Waals surface area contributed by atoms with Gasteiger partial charge in [0.15, 0.2) is 0 Å². The number of pyridine rings is 1. The predicted octanol–water partition coefficient (Wildman–Crippen LogP) is 8.58. The Labute approximate surface area is 252 Å². The number of amides is 2. The number of benzene rings is 4. The molecule has 0 bridgehead atoms.